The van der Waals surface area contributed by atoms with E-state index >= 15 is 0 Å². The van der Waals surface area contributed by atoms with Crippen LogP contribution in [-0.4, -0.2) is 11.0 Å². The normalized spacial score (nSPS) is 14.4. The summed E-state index contributed by atoms with van der Waals surface area (Å²) in [6.45, 7) is 5.37. The maximum absolute atomic E-state index is 6.31. The molecule has 1 aromatic carbocycles. The fourth-order valence-electron chi connectivity index (χ4n) is 2.12. The van der Waals surface area contributed by atoms with E-state index in [0.29, 0.717) is 12.6 Å². The van der Waals surface area contributed by atoms with Crippen LogP contribution < -0.4 is 10.1 Å². The highest BCUT2D eigenvalue weighted by molar-refractivity contribution is 7.11. The Morgan fingerprint density at radius 1 is 1.38 bits per heavy atom. The van der Waals surface area contributed by atoms with Crippen molar-refractivity contribution in [2.45, 2.75) is 45.9 Å². The molecule has 1 aliphatic rings. The third-order valence-electron chi connectivity index (χ3n) is 3.64. The van der Waals surface area contributed by atoms with Gasteiger partial charge in [0.2, 0.25) is 0 Å². The van der Waals surface area contributed by atoms with Gasteiger partial charge in [-0.1, -0.05) is 17.7 Å². The molecule has 1 heterocycles. The molecule has 1 fully saturated rings. The van der Waals surface area contributed by atoms with Gasteiger partial charge in [0, 0.05) is 28.0 Å². The van der Waals surface area contributed by atoms with Crippen LogP contribution >= 0.6 is 22.9 Å². The lowest BCUT2D eigenvalue weighted by Crippen LogP contribution is -2.16. The summed E-state index contributed by atoms with van der Waals surface area (Å²) in [4.78, 5) is 5.75. The molecule has 112 valence electrons. The average molecular weight is 323 g/mol. The number of aryl methyl sites for hydroxylation is 2. The number of ether oxygens (including phenoxy) is 1. The first kappa shape index (κ1) is 14.8. The zero-order valence-electron chi connectivity index (χ0n) is 12.3. The number of rotatable bonds is 6. The van der Waals surface area contributed by atoms with Crippen LogP contribution in [0.2, 0.25) is 5.02 Å². The maximum atomic E-state index is 6.31. The monoisotopic (exact) mass is 322 g/mol. The predicted molar refractivity (Wildman–Crippen MR) is 87.2 cm³/mol. The van der Waals surface area contributed by atoms with Gasteiger partial charge < -0.3 is 10.1 Å². The number of halogens is 1. The largest absolute Gasteiger partial charge is 0.486 e. The van der Waals surface area contributed by atoms with Gasteiger partial charge in [0.15, 0.2) is 0 Å². The number of hydrogen-bond donors (Lipinski definition) is 1. The number of hydrogen-bond acceptors (Lipinski definition) is 4. The molecule has 21 heavy (non-hydrogen) atoms. The van der Waals surface area contributed by atoms with Crippen molar-refractivity contribution < 1.29 is 4.74 Å². The van der Waals surface area contributed by atoms with E-state index < -0.39 is 0 Å². The summed E-state index contributed by atoms with van der Waals surface area (Å²) < 4.78 is 5.95. The van der Waals surface area contributed by atoms with Crippen molar-refractivity contribution in [3.05, 3.63) is 44.4 Å². The predicted octanol–water partition coefficient (Wildman–Crippen LogP) is 4.24. The fourth-order valence-corrected chi connectivity index (χ4v) is 3.20. The van der Waals surface area contributed by atoms with Crippen molar-refractivity contribution in [3.8, 4) is 5.75 Å². The average Bonchev–Trinajstić information content (AvgIpc) is 3.22. The highest BCUT2D eigenvalue weighted by Gasteiger charge is 2.21. The fraction of sp³-hybridized carbons (Fsp3) is 0.438. The SMILES string of the molecule is Cc1nc(COc2cccc(Cl)c2CNC2CC2)sc1C. The summed E-state index contributed by atoms with van der Waals surface area (Å²) in [5.74, 6) is 0.848. The van der Waals surface area contributed by atoms with Crippen LogP contribution in [0.3, 0.4) is 0 Å². The number of aromatic nitrogens is 1. The smallest absolute Gasteiger partial charge is 0.140 e. The molecule has 0 atom stereocenters. The van der Waals surface area contributed by atoms with E-state index in [4.69, 9.17) is 16.3 Å². The van der Waals surface area contributed by atoms with Crippen LogP contribution in [0.15, 0.2) is 18.2 Å². The molecule has 3 rings (SSSR count). The van der Waals surface area contributed by atoms with E-state index in [0.717, 1.165) is 33.6 Å². The van der Waals surface area contributed by atoms with Gasteiger partial charge in [0.25, 0.3) is 0 Å². The van der Waals surface area contributed by atoms with Gasteiger partial charge in [-0.2, -0.15) is 0 Å². The van der Waals surface area contributed by atoms with Gasteiger partial charge in [-0.05, 0) is 38.8 Å². The van der Waals surface area contributed by atoms with Gasteiger partial charge in [-0.15, -0.1) is 11.3 Å². The molecule has 1 aromatic heterocycles. The summed E-state index contributed by atoms with van der Waals surface area (Å²) in [6.07, 6.45) is 2.52. The molecular weight excluding hydrogens is 304 g/mol. The van der Waals surface area contributed by atoms with Crippen molar-refractivity contribution in [1.82, 2.24) is 10.3 Å². The molecule has 1 N–H and O–H groups in total. The Morgan fingerprint density at radius 2 is 2.19 bits per heavy atom. The first-order valence-electron chi connectivity index (χ1n) is 7.20. The Hall–Kier alpha value is -1.10. The van der Waals surface area contributed by atoms with Crippen LogP contribution in [0.5, 0.6) is 5.75 Å². The number of nitrogens with zero attached hydrogens (tertiary/aromatic N) is 1. The van der Waals surface area contributed by atoms with Crippen molar-refractivity contribution >= 4 is 22.9 Å². The summed E-state index contributed by atoms with van der Waals surface area (Å²) in [5.41, 5.74) is 2.12. The summed E-state index contributed by atoms with van der Waals surface area (Å²) in [5, 5.41) is 5.25. The molecule has 1 aliphatic carbocycles. The molecule has 0 amide bonds. The molecule has 0 radical (unpaired) electrons. The Labute approximate surface area is 134 Å². The minimum Gasteiger partial charge on any atom is -0.486 e. The second kappa shape index (κ2) is 6.34. The Kier molecular flexibility index (Phi) is 4.48. The van der Waals surface area contributed by atoms with Gasteiger partial charge in [0.1, 0.15) is 17.4 Å². The van der Waals surface area contributed by atoms with Crippen LogP contribution in [-0.2, 0) is 13.2 Å². The van der Waals surface area contributed by atoms with Gasteiger partial charge in [-0.25, -0.2) is 4.98 Å². The van der Waals surface area contributed by atoms with E-state index in [9.17, 15) is 0 Å². The van der Waals surface area contributed by atoms with Crippen LogP contribution in [0, 0.1) is 13.8 Å². The Balaban J connectivity index is 1.69. The van der Waals surface area contributed by atoms with E-state index in [1.807, 2.05) is 25.1 Å². The first-order valence-corrected chi connectivity index (χ1v) is 8.39. The molecule has 0 unspecified atom stereocenters. The zero-order valence-corrected chi connectivity index (χ0v) is 13.9. The summed E-state index contributed by atoms with van der Waals surface area (Å²) in [7, 11) is 0. The van der Waals surface area contributed by atoms with Gasteiger partial charge >= 0.3 is 0 Å². The highest BCUT2D eigenvalue weighted by atomic mass is 35.5. The van der Waals surface area contributed by atoms with Crippen molar-refractivity contribution in [3.63, 3.8) is 0 Å². The lowest BCUT2D eigenvalue weighted by molar-refractivity contribution is 0.301. The first-order chi connectivity index (χ1) is 10.1. The second-order valence-corrected chi connectivity index (χ2v) is 7.10. The molecule has 0 saturated heterocycles. The van der Waals surface area contributed by atoms with Crippen LogP contribution in [0.4, 0.5) is 0 Å². The van der Waals surface area contributed by atoms with Crippen LogP contribution in [0.25, 0.3) is 0 Å². The number of nitrogens with one attached hydrogen (secondary N) is 1. The minimum atomic E-state index is 0.496. The third kappa shape index (κ3) is 3.76. The maximum Gasteiger partial charge on any atom is 0.140 e. The van der Waals surface area contributed by atoms with Crippen LogP contribution in [0.1, 0.15) is 34.0 Å². The quantitative estimate of drug-likeness (QED) is 0.863. The highest BCUT2D eigenvalue weighted by Crippen LogP contribution is 2.29. The third-order valence-corrected chi connectivity index (χ3v) is 5.05. The molecule has 5 heteroatoms. The zero-order chi connectivity index (χ0) is 14.8. The number of thiazole rings is 1. The van der Waals surface area contributed by atoms with E-state index in [1.165, 1.54) is 17.7 Å². The molecule has 2 aromatic rings. The molecule has 1 saturated carbocycles. The van der Waals surface area contributed by atoms with E-state index in [2.05, 4.69) is 17.2 Å². The Bertz CT molecular complexity index is 618. The second-order valence-electron chi connectivity index (χ2n) is 5.41. The molecular formula is C16H19ClN2OS. The Morgan fingerprint density at radius 3 is 2.86 bits per heavy atom. The summed E-state index contributed by atoms with van der Waals surface area (Å²) in [6, 6.07) is 6.47. The van der Waals surface area contributed by atoms with Gasteiger partial charge in [0.05, 0.1) is 5.69 Å². The lowest BCUT2D eigenvalue weighted by atomic mass is 10.2. The van der Waals surface area contributed by atoms with Crippen molar-refractivity contribution in [1.29, 1.82) is 0 Å². The molecule has 0 spiro atoms. The topological polar surface area (TPSA) is 34.1 Å². The standard InChI is InChI=1S/C16H19ClN2OS/c1-10-11(2)21-16(19-10)9-20-15-5-3-4-14(17)13(15)8-18-12-6-7-12/h3-5,12,18H,6-9H2,1-2H3. The summed E-state index contributed by atoms with van der Waals surface area (Å²) >= 11 is 8.00. The van der Waals surface area contributed by atoms with E-state index in [1.54, 1.807) is 11.3 Å². The van der Waals surface area contributed by atoms with Gasteiger partial charge in [-0.3, -0.25) is 0 Å². The van der Waals surface area contributed by atoms with Crippen molar-refractivity contribution in [2.24, 2.45) is 0 Å². The lowest BCUT2D eigenvalue weighted by Gasteiger charge is -2.12. The molecule has 0 bridgehead atoms. The molecule has 3 nitrogen and oxygen atoms in total. The molecule has 0 aliphatic heterocycles. The minimum absolute atomic E-state index is 0.496. The van der Waals surface area contributed by atoms with E-state index in [-0.39, 0.29) is 0 Å². The number of benzene rings is 1. The van der Waals surface area contributed by atoms with Crippen molar-refractivity contribution in [2.75, 3.05) is 0 Å².